The van der Waals surface area contributed by atoms with Crippen LogP contribution in [0, 0.1) is 0 Å². The van der Waals surface area contributed by atoms with Crippen molar-refractivity contribution in [2.45, 2.75) is 19.3 Å². The Morgan fingerprint density at radius 3 is 2.47 bits per heavy atom. The van der Waals surface area contributed by atoms with Crippen LogP contribution >= 0.6 is 0 Å². The first-order chi connectivity index (χ1) is 14.2. The van der Waals surface area contributed by atoms with E-state index in [4.69, 9.17) is 4.74 Å². The molecule has 0 atom stereocenters. The highest BCUT2D eigenvalue weighted by atomic mass is 19.4. The first-order valence-corrected chi connectivity index (χ1v) is 8.84. The molecule has 0 saturated heterocycles. The number of carboxylic acids is 1. The molecule has 3 aromatic rings. The van der Waals surface area contributed by atoms with Gasteiger partial charge in [0.15, 0.2) is 0 Å². The Labute approximate surface area is 169 Å². The molecule has 3 rings (SSSR count). The molecule has 7 nitrogen and oxygen atoms in total. The second-order valence-electron chi connectivity index (χ2n) is 6.46. The number of rotatable bonds is 7. The van der Waals surface area contributed by atoms with Gasteiger partial charge in [0.25, 0.3) is 0 Å². The number of hydrogen-bond donors (Lipinski definition) is 1. The van der Waals surface area contributed by atoms with Crippen molar-refractivity contribution < 1.29 is 32.6 Å². The average molecular weight is 421 g/mol. The Hall–Kier alpha value is -3.56. The highest BCUT2D eigenvalue weighted by Crippen LogP contribution is 2.31. The van der Waals surface area contributed by atoms with E-state index in [-0.39, 0.29) is 17.6 Å². The molecule has 158 valence electrons. The lowest BCUT2D eigenvalue weighted by molar-refractivity contribution is -0.150. The number of fused-ring (bicyclic) bond motifs is 1. The van der Waals surface area contributed by atoms with Crippen molar-refractivity contribution in [3.8, 4) is 5.75 Å². The number of imidazole rings is 1. The summed E-state index contributed by atoms with van der Waals surface area (Å²) in [5.74, 6) is -2.86. The molecule has 10 heteroatoms. The van der Waals surface area contributed by atoms with Gasteiger partial charge in [-0.3, -0.25) is 9.59 Å². The van der Waals surface area contributed by atoms with Crippen LogP contribution in [0.4, 0.5) is 13.2 Å². The minimum absolute atomic E-state index is 0.0899. The fourth-order valence-corrected chi connectivity index (χ4v) is 3.12. The van der Waals surface area contributed by atoms with Gasteiger partial charge in [-0.2, -0.15) is 13.2 Å². The summed E-state index contributed by atoms with van der Waals surface area (Å²) in [6.07, 6.45) is -4.78. The molecule has 0 fully saturated rings. The van der Waals surface area contributed by atoms with Crippen molar-refractivity contribution in [3.63, 3.8) is 0 Å². The molecule has 0 radical (unpaired) electrons. The van der Waals surface area contributed by atoms with Crippen molar-refractivity contribution in [2.24, 2.45) is 0 Å². The number of methoxy groups -OCH3 is 1. The third-order valence-corrected chi connectivity index (χ3v) is 4.43. The van der Waals surface area contributed by atoms with Gasteiger partial charge in [0.05, 0.1) is 18.1 Å². The fourth-order valence-electron chi connectivity index (χ4n) is 3.12. The highest BCUT2D eigenvalue weighted by molar-refractivity contribution is 5.84. The van der Waals surface area contributed by atoms with Crippen LogP contribution in [-0.4, -0.2) is 45.1 Å². The third kappa shape index (κ3) is 4.53. The number of aromatic nitrogens is 2. The number of alkyl halides is 3. The summed E-state index contributed by atoms with van der Waals surface area (Å²) in [7, 11) is 1.43. The van der Waals surface area contributed by atoms with Crippen molar-refractivity contribution in [2.75, 3.05) is 13.7 Å². The maximum Gasteiger partial charge on any atom is 0.449 e. The number of carboxylic acid groups (broad SMARTS) is 1. The number of ether oxygens (including phenoxy) is 1. The fraction of sp³-hybridized carbons (Fsp3) is 0.250. The van der Waals surface area contributed by atoms with E-state index < -0.39 is 37.0 Å². The molecule has 1 heterocycles. The van der Waals surface area contributed by atoms with E-state index in [0.29, 0.717) is 11.3 Å². The van der Waals surface area contributed by atoms with Gasteiger partial charge in [-0.25, -0.2) is 4.98 Å². The van der Waals surface area contributed by atoms with Gasteiger partial charge < -0.3 is 19.3 Å². The Balaban J connectivity index is 1.96. The first-order valence-electron chi connectivity index (χ1n) is 8.84. The monoisotopic (exact) mass is 421 g/mol. The molecule has 0 aliphatic carbocycles. The zero-order chi connectivity index (χ0) is 21.9. The molecular weight excluding hydrogens is 403 g/mol. The van der Waals surface area contributed by atoms with Gasteiger partial charge in [0, 0.05) is 12.1 Å². The lowest BCUT2D eigenvalue weighted by atomic mass is 10.2. The van der Waals surface area contributed by atoms with Gasteiger partial charge in [0.2, 0.25) is 11.7 Å². The minimum atomic E-state index is -4.78. The normalized spacial score (nSPS) is 11.5. The van der Waals surface area contributed by atoms with Gasteiger partial charge in [0.1, 0.15) is 18.8 Å². The molecule has 1 aromatic heterocycles. The zero-order valence-corrected chi connectivity index (χ0v) is 15.9. The molecule has 1 amide bonds. The summed E-state index contributed by atoms with van der Waals surface area (Å²) < 4.78 is 46.4. The Morgan fingerprint density at radius 2 is 1.80 bits per heavy atom. The van der Waals surface area contributed by atoms with Crippen molar-refractivity contribution in [3.05, 3.63) is 59.9 Å². The van der Waals surface area contributed by atoms with Gasteiger partial charge in [-0.1, -0.05) is 30.3 Å². The predicted octanol–water partition coefficient (Wildman–Crippen LogP) is 3.18. The van der Waals surface area contributed by atoms with Crippen LogP contribution < -0.4 is 4.74 Å². The Kier molecular flexibility index (Phi) is 5.95. The topological polar surface area (TPSA) is 84.7 Å². The van der Waals surface area contributed by atoms with E-state index >= 15 is 0 Å². The maximum atomic E-state index is 13.5. The standard InChI is InChI=1S/C20H18F3N3O4/c1-30-16-9-5-2-6-13(16)10-25(12-18(28)29)17(27)11-26-15-8-4-3-7-14(15)24-19(26)20(21,22)23/h2-9H,10-12H2,1H3,(H,28,29). The van der Waals surface area contributed by atoms with Crippen LogP contribution in [0.5, 0.6) is 5.75 Å². The van der Waals surface area contributed by atoms with Crippen LogP contribution in [0.15, 0.2) is 48.5 Å². The number of halogens is 3. The molecule has 1 N–H and O–H groups in total. The van der Waals surface area contributed by atoms with Crippen LogP contribution in [0.3, 0.4) is 0 Å². The molecule has 0 unspecified atom stereocenters. The minimum Gasteiger partial charge on any atom is -0.496 e. The number of aliphatic carboxylic acids is 1. The van der Waals surface area contributed by atoms with E-state index in [1.807, 2.05) is 0 Å². The van der Waals surface area contributed by atoms with E-state index in [9.17, 15) is 27.9 Å². The highest BCUT2D eigenvalue weighted by Gasteiger charge is 2.38. The number of carbonyl (C=O) groups is 2. The van der Waals surface area contributed by atoms with E-state index in [1.54, 1.807) is 30.3 Å². The quantitative estimate of drug-likeness (QED) is 0.634. The van der Waals surface area contributed by atoms with Gasteiger partial charge in [-0.15, -0.1) is 0 Å². The third-order valence-electron chi connectivity index (χ3n) is 4.43. The van der Waals surface area contributed by atoms with Crippen LogP contribution in [0.2, 0.25) is 0 Å². The first kappa shape index (κ1) is 21.2. The number of amides is 1. The summed E-state index contributed by atoms with van der Waals surface area (Å²) in [5.41, 5.74) is 0.749. The zero-order valence-electron chi connectivity index (χ0n) is 15.9. The molecule has 2 aromatic carbocycles. The van der Waals surface area contributed by atoms with Gasteiger partial charge >= 0.3 is 12.1 Å². The lowest BCUT2D eigenvalue weighted by Crippen LogP contribution is -2.38. The van der Waals surface area contributed by atoms with E-state index in [1.165, 1.54) is 25.3 Å². The molecular formula is C20H18F3N3O4. The number of nitrogens with zero attached hydrogens (tertiary/aromatic N) is 3. The van der Waals surface area contributed by atoms with E-state index in [2.05, 4.69) is 4.98 Å². The number of para-hydroxylation sites is 3. The average Bonchev–Trinajstić information content (AvgIpc) is 3.06. The summed E-state index contributed by atoms with van der Waals surface area (Å²) in [4.78, 5) is 28.7. The largest absolute Gasteiger partial charge is 0.496 e. The van der Waals surface area contributed by atoms with Crippen molar-refractivity contribution in [1.82, 2.24) is 14.5 Å². The second kappa shape index (κ2) is 8.44. The predicted molar refractivity (Wildman–Crippen MR) is 101 cm³/mol. The smallest absolute Gasteiger partial charge is 0.449 e. The Morgan fingerprint density at radius 1 is 1.13 bits per heavy atom. The summed E-state index contributed by atoms with van der Waals surface area (Å²) in [5, 5.41) is 9.19. The molecule has 30 heavy (non-hydrogen) atoms. The number of carbonyl (C=O) groups excluding carboxylic acids is 1. The van der Waals surface area contributed by atoms with Crippen molar-refractivity contribution >= 4 is 22.9 Å². The SMILES string of the molecule is COc1ccccc1CN(CC(=O)O)C(=O)Cn1c(C(F)(F)F)nc2ccccc21. The van der Waals surface area contributed by atoms with Gasteiger partial charge in [-0.05, 0) is 18.2 Å². The summed E-state index contributed by atoms with van der Waals surface area (Å²) >= 11 is 0. The summed E-state index contributed by atoms with van der Waals surface area (Å²) in [6, 6.07) is 12.6. The van der Waals surface area contributed by atoms with Crippen LogP contribution in [0.25, 0.3) is 11.0 Å². The Bertz CT molecular complexity index is 1080. The van der Waals surface area contributed by atoms with E-state index in [0.717, 1.165) is 9.47 Å². The van der Waals surface area contributed by atoms with Crippen LogP contribution in [-0.2, 0) is 28.9 Å². The molecule has 0 aliphatic rings. The molecule has 0 bridgehead atoms. The summed E-state index contributed by atoms with van der Waals surface area (Å²) in [6.45, 7) is -1.52. The van der Waals surface area contributed by atoms with Crippen molar-refractivity contribution in [1.29, 1.82) is 0 Å². The number of hydrogen-bond acceptors (Lipinski definition) is 4. The number of benzene rings is 2. The van der Waals surface area contributed by atoms with Crippen LogP contribution in [0.1, 0.15) is 11.4 Å². The molecule has 0 aliphatic heterocycles. The molecule has 0 spiro atoms. The maximum absolute atomic E-state index is 13.5. The molecule has 0 saturated carbocycles. The lowest BCUT2D eigenvalue weighted by Gasteiger charge is -2.23. The second-order valence-corrected chi connectivity index (χ2v) is 6.46.